The fourth-order valence-electron chi connectivity index (χ4n) is 6.41. The van der Waals surface area contributed by atoms with Crippen LogP contribution >= 0.6 is 0 Å². The van der Waals surface area contributed by atoms with E-state index in [1.54, 1.807) is 37.3 Å². The second-order valence-electron chi connectivity index (χ2n) is 11.7. The summed E-state index contributed by atoms with van der Waals surface area (Å²) in [6.45, 7) is 1.54. The third-order valence-electron chi connectivity index (χ3n) is 8.94. The minimum atomic E-state index is -0.0129. The van der Waals surface area contributed by atoms with Gasteiger partial charge in [0.2, 0.25) is 5.75 Å². The monoisotopic (exact) mass is 606 g/mol. The Hall–Kier alpha value is -5.02. The van der Waals surface area contributed by atoms with Crippen LogP contribution in [0, 0.1) is 0 Å². The molecule has 0 fully saturated rings. The van der Waals surface area contributed by atoms with Gasteiger partial charge in [-0.05, 0) is 91.5 Å². The summed E-state index contributed by atoms with van der Waals surface area (Å²) < 4.78 is 30.4. The van der Waals surface area contributed by atoms with Crippen LogP contribution in [-0.4, -0.2) is 63.4 Å². The Morgan fingerprint density at radius 3 is 2.31 bits per heavy atom. The summed E-state index contributed by atoms with van der Waals surface area (Å²) in [6, 6.07) is 18.8. The van der Waals surface area contributed by atoms with Crippen molar-refractivity contribution in [2.75, 3.05) is 41.4 Å². The maximum absolute atomic E-state index is 12.9. The second kappa shape index (κ2) is 11.5. The number of carbonyl (C=O) groups excluding carboxylic acids is 2. The van der Waals surface area contributed by atoms with E-state index in [9.17, 15) is 9.59 Å². The molecule has 1 amide bonds. The fraction of sp³-hybridized carbons (Fsp3) is 0.278. The molecule has 7 rings (SSSR count). The van der Waals surface area contributed by atoms with E-state index in [-0.39, 0.29) is 11.9 Å². The molecule has 0 unspecified atom stereocenters. The van der Waals surface area contributed by atoms with Crippen LogP contribution in [0.2, 0.25) is 0 Å². The minimum absolute atomic E-state index is 0.0000777. The highest BCUT2D eigenvalue weighted by Gasteiger charge is 2.36. The van der Waals surface area contributed by atoms with Crippen LogP contribution in [-0.2, 0) is 19.3 Å². The fourth-order valence-corrected chi connectivity index (χ4v) is 6.41. The van der Waals surface area contributed by atoms with Gasteiger partial charge >= 0.3 is 0 Å². The second-order valence-corrected chi connectivity index (χ2v) is 11.7. The van der Waals surface area contributed by atoms with Crippen molar-refractivity contribution in [2.45, 2.75) is 25.3 Å². The molecule has 1 atom stereocenters. The molecule has 3 aliphatic heterocycles. The number of hydrogen-bond donors (Lipinski definition) is 0. The molecule has 0 bridgehead atoms. The van der Waals surface area contributed by atoms with Crippen LogP contribution in [0.1, 0.15) is 49.0 Å². The molecule has 9 heteroatoms. The van der Waals surface area contributed by atoms with Gasteiger partial charge < -0.3 is 28.6 Å². The Morgan fingerprint density at radius 1 is 0.822 bits per heavy atom. The summed E-state index contributed by atoms with van der Waals surface area (Å²) in [6.07, 6.45) is 3.10. The van der Waals surface area contributed by atoms with Gasteiger partial charge in [0.15, 0.2) is 34.5 Å². The van der Waals surface area contributed by atoms with E-state index in [0.29, 0.717) is 63.7 Å². The van der Waals surface area contributed by atoms with Gasteiger partial charge in [-0.3, -0.25) is 14.5 Å². The number of ether oxygens (including phenoxy) is 5. The zero-order chi connectivity index (χ0) is 31.2. The van der Waals surface area contributed by atoms with Gasteiger partial charge in [-0.2, -0.15) is 0 Å². The van der Waals surface area contributed by atoms with Crippen molar-refractivity contribution >= 4 is 12.2 Å². The van der Waals surface area contributed by atoms with Crippen molar-refractivity contribution in [2.24, 2.45) is 0 Å². The smallest absolute Gasteiger partial charge is 0.254 e. The normalized spacial score (nSPS) is 16.8. The number of likely N-dealkylation sites (N-methyl/N-ethyl adjacent to an activating group) is 2. The molecule has 0 radical (unpaired) electrons. The molecular formula is C36H34N2O7. The molecular weight excluding hydrogens is 572 g/mol. The number of aldehydes is 1. The summed E-state index contributed by atoms with van der Waals surface area (Å²) in [4.78, 5) is 28.3. The number of nitrogens with zero attached hydrogens (tertiary/aromatic N) is 2. The average molecular weight is 607 g/mol. The van der Waals surface area contributed by atoms with Gasteiger partial charge in [0.1, 0.15) is 12.0 Å². The predicted molar refractivity (Wildman–Crippen MR) is 168 cm³/mol. The highest BCUT2D eigenvalue weighted by atomic mass is 16.6. The van der Waals surface area contributed by atoms with Crippen molar-refractivity contribution in [1.82, 2.24) is 9.80 Å². The predicted octanol–water partition coefficient (Wildman–Crippen LogP) is 6.61. The Morgan fingerprint density at radius 2 is 1.56 bits per heavy atom. The number of fused-ring (bicyclic) bond motifs is 5. The first-order chi connectivity index (χ1) is 21.9. The minimum Gasteiger partial charge on any atom is -0.493 e. The summed E-state index contributed by atoms with van der Waals surface area (Å²) in [7, 11) is 7.15. The van der Waals surface area contributed by atoms with Crippen molar-refractivity contribution < 1.29 is 33.3 Å². The summed E-state index contributed by atoms with van der Waals surface area (Å²) >= 11 is 0. The molecule has 45 heavy (non-hydrogen) atoms. The van der Waals surface area contributed by atoms with E-state index in [4.69, 9.17) is 23.7 Å². The highest BCUT2D eigenvalue weighted by molar-refractivity contribution is 5.97. The highest BCUT2D eigenvalue weighted by Crippen LogP contribution is 2.56. The number of methoxy groups -OCH3 is 2. The maximum Gasteiger partial charge on any atom is 0.254 e. The van der Waals surface area contributed by atoms with Gasteiger partial charge in [-0.1, -0.05) is 12.1 Å². The van der Waals surface area contributed by atoms with E-state index >= 15 is 0 Å². The number of hydrogen-bond acceptors (Lipinski definition) is 8. The van der Waals surface area contributed by atoms with Crippen molar-refractivity contribution in [3.05, 3.63) is 94.0 Å². The molecule has 4 aromatic rings. The number of carbonyl (C=O) groups is 2. The lowest BCUT2D eigenvalue weighted by molar-refractivity contribution is 0.0780. The number of amides is 1. The first-order valence-electron chi connectivity index (χ1n) is 15.0. The summed E-state index contributed by atoms with van der Waals surface area (Å²) in [5, 5.41) is 0. The zero-order valence-electron chi connectivity index (χ0n) is 25.7. The Balaban J connectivity index is 1.21. The lowest BCUT2D eigenvalue weighted by Crippen LogP contribution is -2.34. The average Bonchev–Trinajstić information content (AvgIpc) is 3.06. The maximum atomic E-state index is 12.9. The third kappa shape index (κ3) is 5.13. The van der Waals surface area contributed by atoms with E-state index in [1.807, 2.05) is 43.4 Å². The zero-order valence-corrected chi connectivity index (χ0v) is 25.7. The molecule has 0 aromatic heterocycles. The molecule has 0 spiro atoms. The third-order valence-corrected chi connectivity index (χ3v) is 8.94. The van der Waals surface area contributed by atoms with Gasteiger partial charge in [0, 0.05) is 42.9 Å². The van der Waals surface area contributed by atoms with E-state index in [2.05, 4.69) is 18.0 Å². The number of benzene rings is 4. The van der Waals surface area contributed by atoms with Crippen molar-refractivity contribution in [3.63, 3.8) is 0 Å². The van der Waals surface area contributed by atoms with E-state index in [1.165, 1.54) is 0 Å². The van der Waals surface area contributed by atoms with Gasteiger partial charge in [-0.15, -0.1) is 0 Å². The Bertz CT molecular complexity index is 1820. The molecule has 0 saturated carbocycles. The first-order valence-corrected chi connectivity index (χ1v) is 15.0. The van der Waals surface area contributed by atoms with E-state index in [0.717, 1.165) is 54.3 Å². The Kier molecular flexibility index (Phi) is 7.33. The summed E-state index contributed by atoms with van der Waals surface area (Å²) in [5.41, 5.74) is 5.44. The van der Waals surface area contributed by atoms with Crippen LogP contribution < -0.4 is 23.7 Å². The van der Waals surface area contributed by atoms with Crippen molar-refractivity contribution in [3.8, 4) is 46.0 Å². The molecule has 3 heterocycles. The molecule has 0 aliphatic carbocycles. The molecule has 9 nitrogen and oxygen atoms in total. The van der Waals surface area contributed by atoms with Crippen LogP contribution in [0.3, 0.4) is 0 Å². The number of rotatable bonds is 7. The Labute approximate surface area is 261 Å². The molecule has 0 saturated heterocycles. The van der Waals surface area contributed by atoms with Gasteiger partial charge in [0.05, 0.1) is 14.2 Å². The van der Waals surface area contributed by atoms with Crippen LogP contribution in [0.5, 0.6) is 46.0 Å². The topological polar surface area (TPSA) is 86.8 Å². The summed E-state index contributed by atoms with van der Waals surface area (Å²) in [5.74, 6) is 4.57. The molecule has 4 aromatic carbocycles. The SMILES string of the molecule is COc1ccc(C=O)cc1Oc1ccc(C[C@H]2c3c(cc(OC)c4c3Oc3cc5c(cc3O4)CCN(C)C5=O)CCN2C)cc1. The first kappa shape index (κ1) is 28.7. The van der Waals surface area contributed by atoms with Crippen LogP contribution in [0.25, 0.3) is 0 Å². The van der Waals surface area contributed by atoms with Gasteiger partial charge in [0.25, 0.3) is 5.91 Å². The molecule has 3 aliphatic rings. The van der Waals surface area contributed by atoms with Crippen LogP contribution in [0.4, 0.5) is 0 Å². The molecule has 0 N–H and O–H groups in total. The van der Waals surface area contributed by atoms with Gasteiger partial charge in [-0.25, -0.2) is 0 Å². The largest absolute Gasteiger partial charge is 0.493 e. The lowest BCUT2D eigenvalue weighted by Gasteiger charge is -2.38. The lowest BCUT2D eigenvalue weighted by atomic mass is 9.87. The van der Waals surface area contributed by atoms with E-state index < -0.39 is 0 Å². The van der Waals surface area contributed by atoms with Crippen molar-refractivity contribution in [1.29, 1.82) is 0 Å². The standard InChI is InChI=1S/C36H34N2O7/c1-37-13-12-24-18-32(42-4)34-35(45-31-19-26-23(17-30(31)44-34)11-14-38(2)36(26)40)33(24)27(37)15-21-5-8-25(9-6-21)43-29-16-22(20-39)7-10-28(29)41-3/h5-10,16-20,27H,11-15H2,1-4H3/t27-/m0/s1. The molecule has 230 valence electrons. The quantitative estimate of drug-likeness (QED) is 0.192. The van der Waals surface area contributed by atoms with Crippen LogP contribution in [0.15, 0.2) is 60.7 Å².